The summed E-state index contributed by atoms with van der Waals surface area (Å²) in [7, 11) is 1.43. The Hall–Kier alpha value is -2.70. The van der Waals surface area contributed by atoms with Gasteiger partial charge in [0.2, 0.25) is 0 Å². The molecule has 0 saturated carbocycles. The zero-order valence-corrected chi connectivity index (χ0v) is 14.7. The fraction of sp³-hybridized carbons (Fsp3) is 0.444. The first-order valence-corrected chi connectivity index (χ1v) is 8.16. The molecule has 1 aromatic carbocycles. The van der Waals surface area contributed by atoms with E-state index in [1.807, 2.05) is 13.8 Å². The highest BCUT2D eigenvalue weighted by atomic mass is 16.5. The molecular weight excluding hydrogens is 324 g/mol. The van der Waals surface area contributed by atoms with Gasteiger partial charge in [-0.15, -0.1) is 0 Å². The van der Waals surface area contributed by atoms with Crippen LogP contribution in [0.25, 0.3) is 0 Å². The Kier molecular flexibility index (Phi) is 5.56. The number of ether oxygens (including phenoxy) is 1. The summed E-state index contributed by atoms with van der Waals surface area (Å²) in [6.07, 6.45) is -0.757. The summed E-state index contributed by atoms with van der Waals surface area (Å²) >= 11 is 0. The van der Waals surface area contributed by atoms with Gasteiger partial charge in [-0.1, -0.05) is 26.0 Å². The second-order valence-corrected chi connectivity index (χ2v) is 6.36. The molecular formula is C18H22N2O5. The Morgan fingerprint density at radius 2 is 1.60 bits per heavy atom. The number of likely N-dealkylation sites (N-methyl/N-ethyl adjacent to an activating group) is 1. The van der Waals surface area contributed by atoms with Crippen LogP contribution < -0.4 is 5.32 Å². The van der Waals surface area contributed by atoms with Crippen LogP contribution in [0.2, 0.25) is 0 Å². The number of carbonyl (C=O) groups is 4. The molecule has 1 aliphatic heterocycles. The van der Waals surface area contributed by atoms with E-state index in [0.29, 0.717) is 0 Å². The molecule has 1 aromatic rings. The predicted octanol–water partition coefficient (Wildman–Crippen LogP) is 1.37. The van der Waals surface area contributed by atoms with Crippen molar-refractivity contribution in [3.63, 3.8) is 0 Å². The van der Waals surface area contributed by atoms with Gasteiger partial charge in [-0.3, -0.25) is 19.3 Å². The molecule has 7 heteroatoms. The average molecular weight is 346 g/mol. The molecule has 3 amide bonds. The van der Waals surface area contributed by atoms with E-state index in [-0.39, 0.29) is 23.5 Å². The summed E-state index contributed by atoms with van der Waals surface area (Å²) in [6.45, 7) is 5.19. The van der Waals surface area contributed by atoms with Gasteiger partial charge in [0.05, 0.1) is 11.1 Å². The summed E-state index contributed by atoms with van der Waals surface area (Å²) in [5, 5.41) is 2.39. The highest BCUT2D eigenvalue weighted by Gasteiger charge is 2.44. The second kappa shape index (κ2) is 7.46. The van der Waals surface area contributed by atoms with Crippen molar-refractivity contribution in [2.75, 3.05) is 7.05 Å². The predicted molar refractivity (Wildman–Crippen MR) is 89.8 cm³/mol. The maximum absolute atomic E-state index is 12.6. The van der Waals surface area contributed by atoms with Crippen LogP contribution in [0.4, 0.5) is 0 Å². The van der Waals surface area contributed by atoms with Crippen molar-refractivity contribution in [3.8, 4) is 0 Å². The van der Waals surface area contributed by atoms with E-state index in [4.69, 9.17) is 4.74 Å². The number of rotatable bonds is 6. The van der Waals surface area contributed by atoms with E-state index in [9.17, 15) is 19.2 Å². The van der Waals surface area contributed by atoms with Crippen molar-refractivity contribution in [3.05, 3.63) is 35.4 Å². The lowest BCUT2D eigenvalue weighted by atomic mass is 10.0. The highest BCUT2D eigenvalue weighted by Crippen LogP contribution is 2.27. The first-order valence-electron chi connectivity index (χ1n) is 8.16. The SMILES string of the molecule is CNC(=O)[C@H](C)OC(=O)[C@H](CC(C)C)N1C(=O)c2ccccc2C1=O. The zero-order chi connectivity index (χ0) is 18.7. The molecule has 0 aliphatic carbocycles. The standard InChI is InChI=1S/C18H22N2O5/c1-10(2)9-14(18(24)25-11(3)15(21)19-4)20-16(22)12-7-5-6-8-13(12)17(20)23/h5-8,10-11,14H,9H2,1-4H3,(H,19,21)/t11-,14-/m0/s1. The molecule has 0 unspecified atom stereocenters. The minimum Gasteiger partial charge on any atom is -0.451 e. The van der Waals surface area contributed by atoms with Gasteiger partial charge in [-0.2, -0.15) is 0 Å². The van der Waals surface area contributed by atoms with Gasteiger partial charge >= 0.3 is 5.97 Å². The number of benzene rings is 1. The van der Waals surface area contributed by atoms with Crippen LogP contribution in [0.5, 0.6) is 0 Å². The molecule has 0 aromatic heterocycles. The summed E-state index contributed by atoms with van der Waals surface area (Å²) in [5.41, 5.74) is 0.543. The van der Waals surface area contributed by atoms with Crippen LogP contribution in [-0.4, -0.2) is 47.8 Å². The molecule has 1 aliphatic rings. The van der Waals surface area contributed by atoms with Crippen molar-refractivity contribution in [1.29, 1.82) is 0 Å². The van der Waals surface area contributed by atoms with E-state index in [2.05, 4.69) is 5.32 Å². The maximum atomic E-state index is 12.6. The van der Waals surface area contributed by atoms with E-state index >= 15 is 0 Å². The number of nitrogens with one attached hydrogen (secondary N) is 1. The molecule has 0 bridgehead atoms. The first kappa shape index (κ1) is 18.6. The van der Waals surface area contributed by atoms with Crippen molar-refractivity contribution in [2.45, 2.75) is 39.3 Å². The van der Waals surface area contributed by atoms with Gasteiger partial charge in [0.1, 0.15) is 6.04 Å². The molecule has 2 rings (SSSR count). The summed E-state index contributed by atoms with van der Waals surface area (Å²) in [4.78, 5) is 50.4. The first-order chi connectivity index (χ1) is 11.8. The maximum Gasteiger partial charge on any atom is 0.330 e. The molecule has 0 spiro atoms. The minimum atomic E-state index is -1.07. The summed E-state index contributed by atoms with van der Waals surface area (Å²) < 4.78 is 5.18. The smallest absolute Gasteiger partial charge is 0.330 e. The Bertz CT molecular complexity index is 678. The van der Waals surface area contributed by atoms with Crippen molar-refractivity contribution in [2.24, 2.45) is 5.92 Å². The number of hydrogen-bond donors (Lipinski definition) is 1. The fourth-order valence-corrected chi connectivity index (χ4v) is 2.75. The number of amides is 3. The largest absolute Gasteiger partial charge is 0.451 e. The van der Waals surface area contributed by atoms with Crippen molar-refractivity contribution >= 4 is 23.7 Å². The van der Waals surface area contributed by atoms with Gasteiger partial charge in [0, 0.05) is 7.05 Å². The molecule has 25 heavy (non-hydrogen) atoms. The number of nitrogens with zero attached hydrogens (tertiary/aromatic N) is 1. The lowest BCUT2D eigenvalue weighted by Gasteiger charge is -2.27. The van der Waals surface area contributed by atoms with Gasteiger partial charge in [0.15, 0.2) is 6.10 Å². The van der Waals surface area contributed by atoms with Gasteiger partial charge in [0.25, 0.3) is 17.7 Å². The van der Waals surface area contributed by atoms with Crippen LogP contribution in [0.15, 0.2) is 24.3 Å². The van der Waals surface area contributed by atoms with Crippen LogP contribution in [0, 0.1) is 5.92 Å². The summed E-state index contributed by atoms with van der Waals surface area (Å²) in [6, 6.07) is 5.37. The summed E-state index contributed by atoms with van der Waals surface area (Å²) in [5.74, 6) is -2.22. The third-order valence-electron chi connectivity index (χ3n) is 4.01. The Labute approximate surface area is 146 Å². The Morgan fingerprint density at radius 3 is 2.04 bits per heavy atom. The number of fused-ring (bicyclic) bond motifs is 1. The van der Waals surface area contributed by atoms with Gasteiger partial charge in [-0.25, -0.2) is 4.79 Å². The molecule has 1 heterocycles. The zero-order valence-electron chi connectivity index (χ0n) is 14.7. The molecule has 2 atom stereocenters. The number of carbonyl (C=O) groups excluding carboxylic acids is 4. The molecule has 0 fully saturated rings. The molecule has 134 valence electrons. The lowest BCUT2D eigenvalue weighted by Crippen LogP contribution is -2.48. The Balaban J connectivity index is 2.29. The van der Waals surface area contributed by atoms with Gasteiger partial charge < -0.3 is 10.1 Å². The number of esters is 1. The van der Waals surface area contributed by atoms with E-state index in [0.717, 1.165) is 4.90 Å². The second-order valence-electron chi connectivity index (χ2n) is 6.36. The van der Waals surface area contributed by atoms with Gasteiger partial charge in [-0.05, 0) is 31.4 Å². The fourth-order valence-electron chi connectivity index (χ4n) is 2.75. The average Bonchev–Trinajstić information content (AvgIpc) is 2.83. The Morgan fingerprint density at radius 1 is 1.08 bits per heavy atom. The van der Waals surface area contributed by atoms with Crippen LogP contribution in [-0.2, 0) is 14.3 Å². The highest BCUT2D eigenvalue weighted by molar-refractivity contribution is 6.22. The lowest BCUT2D eigenvalue weighted by molar-refractivity contribution is -0.158. The van der Waals surface area contributed by atoms with E-state index in [1.165, 1.54) is 14.0 Å². The monoisotopic (exact) mass is 346 g/mol. The molecule has 1 N–H and O–H groups in total. The van der Waals surface area contributed by atoms with E-state index < -0.39 is 35.8 Å². The number of hydrogen-bond acceptors (Lipinski definition) is 5. The molecule has 7 nitrogen and oxygen atoms in total. The van der Waals surface area contributed by atoms with Crippen LogP contribution >= 0.6 is 0 Å². The number of imide groups is 1. The van der Waals surface area contributed by atoms with Crippen molar-refractivity contribution in [1.82, 2.24) is 10.2 Å². The molecule has 0 radical (unpaired) electrons. The molecule has 0 saturated heterocycles. The third-order valence-corrected chi connectivity index (χ3v) is 4.01. The van der Waals surface area contributed by atoms with Crippen LogP contribution in [0.1, 0.15) is 47.9 Å². The van der Waals surface area contributed by atoms with Crippen molar-refractivity contribution < 1.29 is 23.9 Å². The topological polar surface area (TPSA) is 92.8 Å². The quantitative estimate of drug-likeness (QED) is 0.620. The third kappa shape index (κ3) is 3.70. The minimum absolute atomic E-state index is 0.0390. The van der Waals surface area contributed by atoms with Crippen LogP contribution in [0.3, 0.4) is 0 Å². The van der Waals surface area contributed by atoms with E-state index in [1.54, 1.807) is 24.3 Å². The normalized spacial score (nSPS) is 15.8.